The van der Waals surface area contributed by atoms with Crippen molar-refractivity contribution < 1.29 is 9.59 Å². The molecule has 1 heterocycles. The highest BCUT2D eigenvalue weighted by Crippen LogP contribution is 2.39. The molecule has 0 unspecified atom stereocenters. The van der Waals surface area contributed by atoms with Gasteiger partial charge in [0.15, 0.2) is 5.13 Å². The zero-order chi connectivity index (χ0) is 18.6. The van der Waals surface area contributed by atoms with Gasteiger partial charge in [0, 0.05) is 13.0 Å². The van der Waals surface area contributed by atoms with Crippen LogP contribution in [0.5, 0.6) is 0 Å². The summed E-state index contributed by atoms with van der Waals surface area (Å²) in [6, 6.07) is 6.07. The molecule has 0 saturated heterocycles. The second-order valence-electron chi connectivity index (χ2n) is 7.26. The third-order valence-corrected chi connectivity index (χ3v) is 6.02. The molecule has 4 N–H and O–H groups in total. The molecule has 6 nitrogen and oxygen atoms in total. The zero-order valence-corrected chi connectivity index (χ0v) is 16.0. The molecule has 0 atom stereocenters. The number of amides is 2. The van der Waals surface area contributed by atoms with E-state index in [9.17, 15) is 9.59 Å². The Morgan fingerprint density at radius 2 is 2.00 bits per heavy atom. The predicted octanol–water partition coefficient (Wildman–Crippen LogP) is 2.96. The number of carbonyl (C=O) groups excluding carboxylic acids is 2. The van der Waals surface area contributed by atoms with Crippen molar-refractivity contribution in [2.45, 2.75) is 45.4 Å². The van der Waals surface area contributed by atoms with Crippen LogP contribution in [0.2, 0.25) is 0 Å². The first-order valence-electron chi connectivity index (χ1n) is 9.13. The van der Waals surface area contributed by atoms with E-state index in [4.69, 9.17) is 5.73 Å². The summed E-state index contributed by atoms with van der Waals surface area (Å²) in [5, 5.41) is 6.47. The normalized spacial score (nSPS) is 16.4. The maximum Gasteiger partial charge on any atom is 0.233 e. The van der Waals surface area contributed by atoms with Gasteiger partial charge in [0.05, 0.1) is 16.8 Å². The van der Waals surface area contributed by atoms with E-state index in [1.54, 1.807) is 0 Å². The quantitative estimate of drug-likeness (QED) is 0.724. The van der Waals surface area contributed by atoms with E-state index >= 15 is 0 Å². The van der Waals surface area contributed by atoms with E-state index in [-0.39, 0.29) is 23.8 Å². The fourth-order valence-corrected chi connectivity index (χ4v) is 4.65. The highest BCUT2D eigenvalue weighted by atomic mass is 32.1. The molecule has 1 saturated carbocycles. The molecule has 140 valence electrons. The third-order valence-electron chi connectivity index (χ3n) is 5.09. The van der Waals surface area contributed by atoms with Gasteiger partial charge in [-0.3, -0.25) is 9.59 Å². The number of thiazole rings is 1. The van der Waals surface area contributed by atoms with Gasteiger partial charge in [-0.05, 0) is 42.9 Å². The fraction of sp³-hybridized carbons (Fsp3) is 0.526. The number of fused-ring (bicyclic) bond motifs is 1. The Labute approximate surface area is 157 Å². The van der Waals surface area contributed by atoms with Gasteiger partial charge in [-0.2, -0.15) is 0 Å². The van der Waals surface area contributed by atoms with Gasteiger partial charge in [-0.15, -0.1) is 0 Å². The maximum atomic E-state index is 12.7. The molecule has 26 heavy (non-hydrogen) atoms. The predicted molar refractivity (Wildman–Crippen MR) is 105 cm³/mol. The Hall–Kier alpha value is -1.99. The van der Waals surface area contributed by atoms with Crippen LogP contribution in [0.25, 0.3) is 10.2 Å². The smallest absolute Gasteiger partial charge is 0.233 e. The fourth-order valence-electron chi connectivity index (χ4n) is 3.67. The first-order chi connectivity index (χ1) is 12.5. The van der Waals surface area contributed by atoms with Crippen molar-refractivity contribution in [1.29, 1.82) is 0 Å². The summed E-state index contributed by atoms with van der Waals surface area (Å²) in [4.78, 5) is 28.7. The molecule has 0 bridgehead atoms. The Bertz CT molecular complexity index is 796. The third kappa shape index (κ3) is 4.59. The summed E-state index contributed by atoms with van der Waals surface area (Å²) in [5.41, 5.74) is 7.28. The molecule has 0 radical (unpaired) electrons. The lowest BCUT2D eigenvalue weighted by Crippen LogP contribution is -2.43. The summed E-state index contributed by atoms with van der Waals surface area (Å²) < 4.78 is 1.07. The van der Waals surface area contributed by atoms with Crippen LogP contribution in [-0.2, 0) is 9.59 Å². The Balaban J connectivity index is 1.67. The number of nitrogens with zero attached hydrogens (tertiary/aromatic N) is 1. The van der Waals surface area contributed by atoms with Crippen molar-refractivity contribution in [3.05, 3.63) is 23.8 Å². The maximum absolute atomic E-state index is 12.7. The average Bonchev–Trinajstić information content (AvgIpc) is 3.01. The summed E-state index contributed by atoms with van der Waals surface area (Å²) in [6.07, 6.45) is 5.66. The monoisotopic (exact) mass is 374 g/mol. The minimum Gasteiger partial charge on any atom is -0.354 e. The number of aryl methyl sites for hydroxylation is 1. The van der Waals surface area contributed by atoms with Crippen LogP contribution in [0.3, 0.4) is 0 Å². The summed E-state index contributed by atoms with van der Waals surface area (Å²) in [6.45, 7) is 2.53. The zero-order valence-electron chi connectivity index (χ0n) is 15.1. The van der Waals surface area contributed by atoms with Gasteiger partial charge in [-0.1, -0.05) is 36.7 Å². The Kier molecular flexibility index (Phi) is 5.88. The van der Waals surface area contributed by atoms with Crippen molar-refractivity contribution in [1.82, 2.24) is 10.3 Å². The van der Waals surface area contributed by atoms with Crippen LogP contribution < -0.4 is 16.4 Å². The van der Waals surface area contributed by atoms with Gasteiger partial charge in [0.25, 0.3) is 0 Å². The number of rotatable bonds is 6. The van der Waals surface area contributed by atoms with Gasteiger partial charge in [-0.25, -0.2) is 4.98 Å². The van der Waals surface area contributed by atoms with Crippen LogP contribution in [0.1, 0.15) is 44.1 Å². The van der Waals surface area contributed by atoms with E-state index < -0.39 is 0 Å². The van der Waals surface area contributed by atoms with Gasteiger partial charge in [0.1, 0.15) is 0 Å². The standard InChI is InChI=1S/C19H26N4O2S/c1-13-5-6-14-15(9-13)26-18(22-14)23-16(24)10-19(7-3-2-4-8-19)12-21-17(25)11-20/h5-6,9H,2-4,7-8,10-12,20H2,1H3,(H,21,25)(H,22,23,24). The number of hydrogen-bond donors (Lipinski definition) is 3. The summed E-state index contributed by atoms with van der Waals surface area (Å²) in [7, 11) is 0. The van der Waals surface area contributed by atoms with E-state index in [2.05, 4.69) is 21.7 Å². The number of carbonyl (C=O) groups is 2. The molecule has 0 spiro atoms. The highest BCUT2D eigenvalue weighted by molar-refractivity contribution is 7.22. The molecule has 1 aliphatic rings. The van der Waals surface area contributed by atoms with E-state index in [0.29, 0.717) is 18.1 Å². The molecule has 2 amide bonds. The largest absolute Gasteiger partial charge is 0.354 e. The molecule has 1 fully saturated rings. The van der Waals surface area contributed by atoms with Crippen molar-refractivity contribution in [3.63, 3.8) is 0 Å². The minimum atomic E-state index is -0.180. The van der Waals surface area contributed by atoms with Gasteiger partial charge in [0.2, 0.25) is 11.8 Å². The Morgan fingerprint density at radius 3 is 2.73 bits per heavy atom. The minimum absolute atomic E-state index is 0.0204. The van der Waals surface area contributed by atoms with Crippen LogP contribution in [-0.4, -0.2) is 29.9 Å². The van der Waals surface area contributed by atoms with E-state index in [1.807, 2.05) is 19.1 Å². The number of aromatic nitrogens is 1. The van der Waals surface area contributed by atoms with Crippen LogP contribution in [0, 0.1) is 12.3 Å². The molecule has 1 aromatic carbocycles. The second kappa shape index (κ2) is 8.14. The second-order valence-corrected chi connectivity index (χ2v) is 8.29. The Morgan fingerprint density at radius 1 is 1.23 bits per heavy atom. The highest BCUT2D eigenvalue weighted by Gasteiger charge is 2.34. The van der Waals surface area contributed by atoms with E-state index in [0.717, 1.165) is 35.9 Å². The first-order valence-corrected chi connectivity index (χ1v) is 9.95. The summed E-state index contributed by atoms with van der Waals surface area (Å²) in [5.74, 6) is -0.207. The number of benzene rings is 1. The van der Waals surface area contributed by atoms with Gasteiger partial charge < -0.3 is 16.4 Å². The molecular formula is C19H26N4O2S. The average molecular weight is 375 g/mol. The number of nitrogens with two attached hydrogens (primary N) is 1. The SMILES string of the molecule is Cc1ccc2nc(NC(=O)CC3(CNC(=O)CN)CCCCC3)sc2c1. The summed E-state index contributed by atoms with van der Waals surface area (Å²) >= 11 is 1.49. The van der Waals surface area contributed by atoms with Crippen molar-refractivity contribution >= 4 is 38.5 Å². The number of hydrogen-bond acceptors (Lipinski definition) is 5. The molecule has 0 aliphatic heterocycles. The molecule has 1 aromatic heterocycles. The molecular weight excluding hydrogens is 348 g/mol. The van der Waals surface area contributed by atoms with E-state index in [1.165, 1.54) is 23.3 Å². The number of anilines is 1. The van der Waals surface area contributed by atoms with Crippen molar-refractivity contribution in [2.24, 2.45) is 11.1 Å². The van der Waals surface area contributed by atoms with Crippen LogP contribution >= 0.6 is 11.3 Å². The van der Waals surface area contributed by atoms with Gasteiger partial charge >= 0.3 is 0 Å². The lowest BCUT2D eigenvalue weighted by atomic mass is 9.71. The molecule has 3 rings (SSSR count). The van der Waals surface area contributed by atoms with Crippen molar-refractivity contribution in [3.8, 4) is 0 Å². The van der Waals surface area contributed by atoms with Crippen LogP contribution in [0.4, 0.5) is 5.13 Å². The molecule has 1 aliphatic carbocycles. The number of nitrogens with one attached hydrogen (secondary N) is 2. The lowest BCUT2D eigenvalue weighted by Gasteiger charge is -2.36. The first kappa shape index (κ1) is 18.8. The molecule has 7 heteroatoms. The topological polar surface area (TPSA) is 97.1 Å². The van der Waals surface area contributed by atoms with Crippen molar-refractivity contribution in [2.75, 3.05) is 18.4 Å². The molecule has 2 aromatic rings. The van der Waals surface area contributed by atoms with Crippen LogP contribution in [0.15, 0.2) is 18.2 Å². The lowest BCUT2D eigenvalue weighted by molar-refractivity contribution is -0.122.